The maximum absolute atomic E-state index is 12.2. The summed E-state index contributed by atoms with van der Waals surface area (Å²) >= 11 is 0. The lowest BCUT2D eigenvalue weighted by molar-refractivity contribution is -0.124. The van der Waals surface area contributed by atoms with Crippen molar-refractivity contribution in [3.63, 3.8) is 0 Å². The fourth-order valence-corrected chi connectivity index (χ4v) is 3.65. The second kappa shape index (κ2) is 9.56. The van der Waals surface area contributed by atoms with Gasteiger partial charge in [0.15, 0.2) is 6.61 Å². The highest BCUT2D eigenvalue weighted by atomic mass is 16.5. The number of rotatable bonds is 7. The number of aryl methyl sites for hydroxylation is 2. The monoisotopic (exact) mass is 366 g/mol. The topological polar surface area (TPSA) is 41.6 Å². The van der Waals surface area contributed by atoms with Gasteiger partial charge in [0.2, 0.25) is 0 Å². The average molecular weight is 367 g/mol. The fraction of sp³-hybridized carbons (Fsp3) is 0.435. The predicted octanol–water partition coefficient (Wildman–Crippen LogP) is 3.72. The Labute approximate surface area is 162 Å². The first-order valence-corrected chi connectivity index (χ1v) is 9.92. The molecule has 0 aromatic heterocycles. The van der Waals surface area contributed by atoms with Gasteiger partial charge in [-0.15, -0.1) is 0 Å². The molecule has 1 heterocycles. The molecule has 0 bridgehead atoms. The van der Waals surface area contributed by atoms with E-state index in [1.54, 1.807) is 0 Å². The molecule has 0 atom stereocenters. The van der Waals surface area contributed by atoms with Gasteiger partial charge in [-0.2, -0.15) is 0 Å². The van der Waals surface area contributed by atoms with E-state index in [0.29, 0.717) is 0 Å². The van der Waals surface area contributed by atoms with Gasteiger partial charge in [0.1, 0.15) is 5.75 Å². The lowest BCUT2D eigenvalue weighted by Gasteiger charge is -2.32. The lowest BCUT2D eigenvalue weighted by atomic mass is 10.0. The number of hydrogen-bond donors (Lipinski definition) is 1. The minimum atomic E-state index is -0.0296. The van der Waals surface area contributed by atoms with Gasteiger partial charge in [-0.1, -0.05) is 55.0 Å². The van der Waals surface area contributed by atoms with E-state index in [1.807, 2.05) is 24.3 Å². The summed E-state index contributed by atoms with van der Waals surface area (Å²) in [6, 6.07) is 16.8. The van der Waals surface area contributed by atoms with Gasteiger partial charge in [0, 0.05) is 25.7 Å². The van der Waals surface area contributed by atoms with Crippen LogP contribution in [0.25, 0.3) is 0 Å². The van der Waals surface area contributed by atoms with Crippen LogP contribution in [0.4, 0.5) is 0 Å². The van der Waals surface area contributed by atoms with Gasteiger partial charge in [-0.3, -0.25) is 9.69 Å². The summed E-state index contributed by atoms with van der Waals surface area (Å²) in [5, 5.41) is 3.13. The molecule has 3 rings (SSSR count). The summed E-state index contributed by atoms with van der Waals surface area (Å²) in [4.78, 5) is 14.7. The van der Waals surface area contributed by atoms with Crippen molar-refractivity contribution in [2.75, 3.05) is 19.7 Å². The van der Waals surface area contributed by atoms with E-state index < -0.39 is 0 Å². The van der Waals surface area contributed by atoms with Crippen LogP contribution >= 0.6 is 0 Å². The van der Waals surface area contributed by atoms with E-state index in [1.165, 1.54) is 11.1 Å². The molecule has 2 aromatic carbocycles. The number of nitrogens with one attached hydrogen (secondary N) is 1. The number of likely N-dealkylation sites (tertiary alicyclic amines) is 1. The van der Waals surface area contributed by atoms with Gasteiger partial charge >= 0.3 is 0 Å². The Kier molecular flexibility index (Phi) is 6.88. The van der Waals surface area contributed by atoms with Crippen molar-refractivity contribution in [2.45, 2.75) is 45.7 Å². The smallest absolute Gasteiger partial charge is 0.258 e. The first-order valence-electron chi connectivity index (χ1n) is 9.92. The molecule has 0 radical (unpaired) electrons. The summed E-state index contributed by atoms with van der Waals surface area (Å²) in [6.45, 7) is 7.32. The van der Waals surface area contributed by atoms with Crippen molar-refractivity contribution in [2.24, 2.45) is 0 Å². The molecule has 1 fully saturated rings. The Morgan fingerprint density at radius 2 is 1.93 bits per heavy atom. The Hall–Kier alpha value is -2.33. The van der Waals surface area contributed by atoms with Gasteiger partial charge < -0.3 is 10.1 Å². The van der Waals surface area contributed by atoms with E-state index >= 15 is 0 Å². The molecule has 4 heteroatoms. The van der Waals surface area contributed by atoms with Gasteiger partial charge in [-0.25, -0.2) is 0 Å². The number of hydrogen-bond acceptors (Lipinski definition) is 3. The van der Waals surface area contributed by atoms with Crippen LogP contribution < -0.4 is 10.1 Å². The number of para-hydroxylation sites is 1. The fourth-order valence-electron chi connectivity index (χ4n) is 3.65. The van der Waals surface area contributed by atoms with Crippen LogP contribution in [0, 0.1) is 6.92 Å². The van der Waals surface area contributed by atoms with Crippen LogP contribution in [0.15, 0.2) is 48.5 Å². The highest BCUT2D eigenvalue weighted by Crippen LogP contribution is 2.18. The van der Waals surface area contributed by atoms with Crippen molar-refractivity contribution in [3.05, 3.63) is 65.2 Å². The van der Waals surface area contributed by atoms with Crippen LogP contribution in [0.3, 0.4) is 0 Å². The quantitative estimate of drug-likeness (QED) is 0.812. The van der Waals surface area contributed by atoms with E-state index in [4.69, 9.17) is 4.74 Å². The summed E-state index contributed by atoms with van der Waals surface area (Å²) in [5.74, 6) is 0.779. The van der Waals surface area contributed by atoms with Crippen LogP contribution in [0.2, 0.25) is 0 Å². The molecular weight excluding hydrogens is 336 g/mol. The molecule has 1 N–H and O–H groups in total. The summed E-state index contributed by atoms with van der Waals surface area (Å²) in [7, 11) is 0. The molecular formula is C23H30N2O2. The van der Waals surface area contributed by atoms with Gasteiger partial charge in [0.25, 0.3) is 5.91 Å². The number of benzene rings is 2. The molecule has 144 valence electrons. The second-order valence-electron chi connectivity index (χ2n) is 7.36. The van der Waals surface area contributed by atoms with Crippen LogP contribution in [-0.4, -0.2) is 36.5 Å². The molecule has 0 aliphatic carbocycles. The van der Waals surface area contributed by atoms with E-state index in [0.717, 1.165) is 50.2 Å². The zero-order valence-corrected chi connectivity index (χ0v) is 16.4. The van der Waals surface area contributed by atoms with E-state index in [-0.39, 0.29) is 18.6 Å². The number of carbonyl (C=O) groups is 1. The Balaban J connectivity index is 1.40. The maximum atomic E-state index is 12.2. The first kappa shape index (κ1) is 19.4. The highest BCUT2D eigenvalue weighted by Gasteiger charge is 2.21. The number of ether oxygens (including phenoxy) is 1. The standard InChI is InChI=1S/C23H30N2O2/c1-3-20-9-4-5-10-22(20)27-17-23(26)24-21-11-13-25(14-12-21)16-19-8-6-7-18(2)15-19/h4-10,15,21H,3,11-14,16-17H2,1-2H3,(H,24,26). The highest BCUT2D eigenvalue weighted by molar-refractivity contribution is 5.77. The largest absolute Gasteiger partial charge is 0.483 e. The van der Waals surface area contributed by atoms with Crippen molar-refractivity contribution in [1.29, 1.82) is 0 Å². The number of piperidine rings is 1. The molecule has 1 saturated heterocycles. The molecule has 1 aliphatic heterocycles. The Morgan fingerprint density at radius 1 is 1.15 bits per heavy atom. The Bertz CT molecular complexity index is 752. The van der Waals surface area contributed by atoms with Gasteiger partial charge in [-0.05, 0) is 43.4 Å². The molecule has 27 heavy (non-hydrogen) atoms. The van der Waals surface area contributed by atoms with Crippen molar-refractivity contribution >= 4 is 5.91 Å². The molecule has 2 aromatic rings. The number of amides is 1. The summed E-state index contributed by atoms with van der Waals surface area (Å²) in [5.41, 5.74) is 3.80. The van der Waals surface area contributed by atoms with E-state index in [9.17, 15) is 4.79 Å². The lowest BCUT2D eigenvalue weighted by Crippen LogP contribution is -2.45. The Morgan fingerprint density at radius 3 is 2.67 bits per heavy atom. The normalized spacial score (nSPS) is 15.5. The first-order chi connectivity index (χ1) is 13.1. The van der Waals surface area contributed by atoms with Crippen molar-refractivity contribution < 1.29 is 9.53 Å². The summed E-state index contributed by atoms with van der Waals surface area (Å²) < 4.78 is 5.72. The molecule has 1 aliphatic rings. The third kappa shape index (κ3) is 5.83. The number of carbonyl (C=O) groups excluding carboxylic acids is 1. The summed E-state index contributed by atoms with van der Waals surface area (Å²) in [6.07, 6.45) is 2.88. The average Bonchev–Trinajstić information content (AvgIpc) is 2.68. The second-order valence-corrected chi connectivity index (χ2v) is 7.36. The van der Waals surface area contributed by atoms with Gasteiger partial charge in [0.05, 0.1) is 0 Å². The number of nitrogens with zero attached hydrogens (tertiary/aromatic N) is 1. The maximum Gasteiger partial charge on any atom is 0.258 e. The minimum absolute atomic E-state index is 0.0296. The zero-order valence-electron chi connectivity index (χ0n) is 16.4. The third-order valence-electron chi connectivity index (χ3n) is 5.15. The van der Waals surface area contributed by atoms with Crippen molar-refractivity contribution in [1.82, 2.24) is 10.2 Å². The molecule has 4 nitrogen and oxygen atoms in total. The molecule has 0 unspecified atom stereocenters. The van der Waals surface area contributed by atoms with Crippen LogP contribution in [0.5, 0.6) is 5.75 Å². The predicted molar refractivity (Wildman–Crippen MR) is 109 cm³/mol. The van der Waals surface area contributed by atoms with Crippen LogP contribution in [0.1, 0.15) is 36.5 Å². The zero-order chi connectivity index (χ0) is 19.1. The minimum Gasteiger partial charge on any atom is -0.483 e. The van der Waals surface area contributed by atoms with Crippen molar-refractivity contribution in [3.8, 4) is 5.75 Å². The third-order valence-corrected chi connectivity index (χ3v) is 5.15. The molecule has 0 spiro atoms. The SMILES string of the molecule is CCc1ccccc1OCC(=O)NC1CCN(Cc2cccc(C)c2)CC1. The molecule has 0 saturated carbocycles. The molecule has 1 amide bonds. The van der Waals surface area contributed by atoms with Crippen LogP contribution in [-0.2, 0) is 17.8 Å². The van der Waals surface area contributed by atoms with E-state index in [2.05, 4.69) is 48.3 Å².